The van der Waals surface area contributed by atoms with Crippen LogP contribution in [-0.4, -0.2) is 29.1 Å². The van der Waals surface area contributed by atoms with E-state index >= 15 is 0 Å². The number of methoxy groups -OCH3 is 1. The molecule has 1 N–H and O–H groups in total. The molecule has 1 atom stereocenters. The highest BCUT2D eigenvalue weighted by atomic mass is 19.1. The molecule has 30 heavy (non-hydrogen) atoms. The molecule has 8 heteroatoms. The number of halogens is 1. The molecule has 4 rings (SSSR count). The smallest absolute Gasteiger partial charge is 0.301 e. The first-order valence-electron chi connectivity index (χ1n) is 9.05. The second kappa shape index (κ2) is 7.47. The molecule has 2 heterocycles. The molecule has 152 valence electrons. The number of anilines is 1. The van der Waals surface area contributed by atoms with Crippen LogP contribution in [0.15, 0.2) is 64.7 Å². The summed E-state index contributed by atoms with van der Waals surface area (Å²) >= 11 is 0. The van der Waals surface area contributed by atoms with Gasteiger partial charge in [0, 0.05) is 11.6 Å². The van der Waals surface area contributed by atoms with E-state index in [4.69, 9.17) is 9.26 Å². The third-order valence-corrected chi connectivity index (χ3v) is 4.86. The zero-order valence-electron chi connectivity index (χ0n) is 16.1. The van der Waals surface area contributed by atoms with Gasteiger partial charge in [-0.25, -0.2) is 4.39 Å². The zero-order valence-corrected chi connectivity index (χ0v) is 16.1. The standard InChI is InChI=1S/C22H17FN2O5/c1-12-11-17(24-30-12)25-19(13-3-7-15(23)8-4-13)18(21(27)22(25)28)20(26)14-5-9-16(29-2)10-6-14/h3-11,19,26H,1-2H3/b20-18+. The number of nitrogens with zero attached hydrogens (tertiary/aromatic N) is 2. The fraction of sp³-hybridized carbons (Fsp3) is 0.136. The molecule has 1 aliphatic rings. The van der Waals surface area contributed by atoms with Gasteiger partial charge < -0.3 is 14.4 Å². The number of benzene rings is 2. The number of Topliss-reactive ketones (excluding diaryl/α,β-unsaturated/α-hetero) is 1. The summed E-state index contributed by atoms with van der Waals surface area (Å²) in [7, 11) is 1.51. The molecule has 1 saturated heterocycles. The number of carbonyl (C=O) groups excluding carboxylic acids is 2. The van der Waals surface area contributed by atoms with Crippen molar-refractivity contribution in [2.24, 2.45) is 0 Å². The van der Waals surface area contributed by atoms with Gasteiger partial charge in [-0.2, -0.15) is 0 Å². The van der Waals surface area contributed by atoms with Gasteiger partial charge in [0.2, 0.25) is 0 Å². The van der Waals surface area contributed by atoms with Crippen molar-refractivity contribution in [2.45, 2.75) is 13.0 Å². The van der Waals surface area contributed by atoms with Crippen LogP contribution < -0.4 is 9.64 Å². The van der Waals surface area contributed by atoms with E-state index in [0.717, 1.165) is 4.90 Å². The summed E-state index contributed by atoms with van der Waals surface area (Å²) in [6, 6.07) is 12.2. The largest absolute Gasteiger partial charge is 0.507 e. The van der Waals surface area contributed by atoms with Crippen molar-refractivity contribution in [1.29, 1.82) is 0 Å². The topological polar surface area (TPSA) is 92.9 Å². The Labute approximate surface area is 171 Å². The number of aromatic nitrogens is 1. The molecule has 3 aromatic rings. The minimum Gasteiger partial charge on any atom is -0.507 e. The predicted octanol–water partition coefficient (Wildman–Crippen LogP) is 3.76. The van der Waals surface area contributed by atoms with Crippen LogP contribution >= 0.6 is 0 Å². The van der Waals surface area contributed by atoms with Gasteiger partial charge in [-0.15, -0.1) is 0 Å². The van der Waals surface area contributed by atoms with Crippen molar-refractivity contribution < 1.29 is 28.3 Å². The molecule has 1 fully saturated rings. The van der Waals surface area contributed by atoms with Gasteiger partial charge >= 0.3 is 5.91 Å². The molecule has 7 nitrogen and oxygen atoms in total. The van der Waals surface area contributed by atoms with Crippen LogP contribution in [0.5, 0.6) is 5.75 Å². The summed E-state index contributed by atoms with van der Waals surface area (Å²) in [6.45, 7) is 1.65. The van der Waals surface area contributed by atoms with Crippen LogP contribution in [0.3, 0.4) is 0 Å². The van der Waals surface area contributed by atoms with E-state index in [2.05, 4.69) is 5.16 Å². The third kappa shape index (κ3) is 3.22. The van der Waals surface area contributed by atoms with Crippen LogP contribution in [0.2, 0.25) is 0 Å². The molecule has 1 amide bonds. The Morgan fingerprint density at radius 3 is 2.37 bits per heavy atom. The van der Waals surface area contributed by atoms with Gasteiger partial charge in [-0.05, 0) is 48.9 Å². The summed E-state index contributed by atoms with van der Waals surface area (Å²) in [4.78, 5) is 26.9. The normalized spacial score (nSPS) is 18.1. The van der Waals surface area contributed by atoms with E-state index in [1.807, 2.05) is 0 Å². The van der Waals surface area contributed by atoms with Gasteiger partial charge in [0.25, 0.3) is 5.78 Å². The molecular weight excluding hydrogens is 391 g/mol. The predicted molar refractivity (Wildman–Crippen MR) is 105 cm³/mol. The summed E-state index contributed by atoms with van der Waals surface area (Å²) in [5, 5.41) is 14.8. The maximum atomic E-state index is 13.5. The number of aryl methyl sites for hydroxylation is 1. The van der Waals surface area contributed by atoms with Gasteiger partial charge in [0.1, 0.15) is 23.1 Å². The van der Waals surface area contributed by atoms with Crippen LogP contribution in [0.4, 0.5) is 10.2 Å². The second-order valence-electron chi connectivity index (χ2n) is 6.74. The van der Waals surface area contributed by atoms with E-state index in [-0.39, 0.29) is 17.2 Å². The highest BCUT2D eigenvalue weighted by Crippen LogP contribution is 2.42. The highest BCUT2D eigenvalue weighted by molar-refractivity contribution is 6.51. The molecular formula is C22H17FN2O5. The quantitative estimate of drug-likeness (QED) is 0.401. The Kier molecular flexibility index (Phi) is 4.83. The molecule has 0 radical (unpaired) electrons. The van der Waals surface area contributed by atoms with Crippen molar-refractivity contribution >= 4 is 23.3 Å². The van der Waals surface area contributed by atoms with Crippen LogP contribution in [0, 0.1) is 12.7 Å². The lowest BCUT2D eigenvalue weighted by molar-refractivity contribution is -0.132. The maximum Gasteiger partial charge on any atom is 0.301 e. The maximum absolute atomic E-state index is 13.5. The number of ketones is 1. The average Bonchev–Trinajstić information content (AvgIpc) is 3.29. The second-order valence-corrected chi connectivity index (χ2v) is 6.74. The molecule has 0 aliphatic carbocycles. The highest BCUT2D eigenvalue weighted by Gasteiger charge is 2.48. The van der Waals surface area contributed by atoms with Crippen molar-refractivity contribution in [3.63, 3.8) is 0 Å². The van der Waals surface area contributed by atoms with Crippen LogP contribution in [-0.2, 0) is 9.59 Å². The molecule has 0 spiro atoms. The molecule has 2 aromatic carbocycles. The lowest BCUT2D eigenvalue weighted by Gasteiger charge is -2.22. The van der Waals surface area contributed by atoms with E-state index in [1.165, 1.54) is 37.4 Å². The number of aliphatic hydroxyl groups excluding tert-OH is 1. The third-order valence-electron chi connectivity index (χ3n) is 4.86. The lowest BCUT2D eigenvalue weighted by Crippen LogP contribution is -2.29. The molecule has 1 aromatic heterocycles. The Hall–Kier alpha value is -3.94. The number of hydrogen-bond donors (Lipinski definition) is 1. The Morgan fingerprint density at radius 2 is 1.80 bits per heavy atom. The first-order valence-corrected chi connectivity index (χ1v) is 9.05. The summed E-state index contributed by atoms with van der Waals surface area (Å²) in [5.74, 6) is -1.43. The van der Waals surface area contributed by atoms with Crippen molar-refractivity contribution in [3.05, 3.63) is 82.9 Å². The SMILES string of the molecule is COc1ccc(/C(O)=C2\C(=O)C(=O)N(c3cc(C)on3)C2c2ccc(F)cc2)cc1. The zero-order chi connectivity index (χ0) is 21.4. The number of aliphatic hydroxyl groups is 1. The minimum absolute atomic E-state index is 0.123. The molecule has 1 unspecified atom stereocenters. The van der Waals surface area contributed by atoms with Crippen molar-refractivity contribution in [2.75, 3.05) is 12.0 Å². The number of rotatable bonds is 4. The average molecular weight is 408 g/mol. The summed E-state index contributed by atoms with van der Waals surface area (Å²) < 4.78 is 23.7. The summed E-state index contributed by atoms with van der Waals surface area (Å²) in [5.41, 5.74) is 0.640. The van der Waals surface area contributed by atoms with Crippen molar-refractivity contribution in [3.8, 4) is 5.75 Å². The molecule has 0 bridgehead atoms. The first-order chi connectivity index (χ1) is 14.4. The number of hydrogen-bond acceptors (Lipinski definition) is 6. The van der Waals surface area contributed by atoms with Gasteiger partial charge in [-0.3, -0.25) is 14.5 Å². The summed E-state index contributed by atoms with van der Waals surface area (Å²) in [6.07, 6.45) is 0. The number of amides is 1. The van der Waals surface area contributed by atoms with E-state index in [9.17, 15) is 19.1 Å². The van der Waals surface area contributed by atoms with Gasteiger partial charge in [0.15, 0.2) is 5.82 Å². The number of ether oxygens (including phenoxy) is 1. The van der Waals surface area contributed by atoms with E-state index in [0.29, 0.717) is 22.6 Å². The Bertz CT molecular complexity index is 1150. The number of carbonyl (C=O) groups is 2. The van der Waals surface area contributed by atoms with Gasteiger partial charge in [-0.1, -0.05) is 17.3 Å². The van der Waals surface area contributed by atoms with Gasteiger partial charge in [0.05, 0.1) is 18.7 Å². The van der Waals surface area contributed by atoms with Crippen LogP contribution in [0.25, 0.3) is 5.76 Å². The monoisotopic (exact) mass is 408 g/mol. The van der Waals surface area contributed by atoms with E-state index < -0.39 is 23.5 Å². The molecule has 1 aliphatic heterocycles. The van der Waals surface area contributed by atoms with Crippen LogP contribution in [0.1, 0.15) is 22.9 Å². The minimum atomic E-state index is -1.00. The molecule has 0 saturated carbocycles. The lowest BCUT2D eigenvalue weighted by atomic mass is 9.95. The fourth-order valence-electron chi connectivity index (χ4n) is 3.40. The fourth-order valence-corrected chi connectivity index (χ4v) is 3.40. The van der Waals surface area contributed by atoms with E-state index in [1.54, 1.807) is 31.2 Å². The van der Waals surface area contributed by atoms with Crippen molar-refractivity contribution in [1.82, 2.24) is 5.16 Å². The Balaban J connectivity index is 1.91. The first kappa shape index (κ1) is 19.4. The Morgan fingerprint density at radius 1 is 1.13 bits per heavy atom.